The van der Waals surface area contributed by atoms with Crippen molar-refractivity contribution in [3.05, 3.63) is 18.2 Å². The predicted molar refractivity (Wildman–Crippen MR) is 63.9 cm³/mol. The SMILES string of the molecule is CC(C)C(CN)c1cncn1C(C)(C)C. The summed E-state index contributed by atoms with van der Waals surface area (Å²) < 4.78 is 2.23. The third-order valence-corrected chi connectivity index (χ3v) is 2.83. The lowest BCUT2D eigenvalue weighted by atomic mass is 9.92. The fourth-order valence-electron chi connectivity index (χ4n) is 1.87. The van der Waals surface area contributed by atoms with Crippen LogP contribution in [0.1, 0.15) is 46.2 Å². The maximum absolute atomic E-state index is 5.84. The van der Waals surface area contributed by atoms with Crippen molar-refractivity contribution in [1.29, 1.82) is 0 Å². The summed E-state index contributed by atoms with van der Waals surface area (Å²) in [5, 5.41) is 0. The lowest BCUT2D eigenvalue weighted by molar-refractivity contribution is 0.359. The Morgan fingerprint density at radius 1 is 1.40 bits per heavy atom. The predicted octanol–water partition coefficient (Wildman–Crippen LogP) is 2.34. The van der Waals surface area contributed by atoms with Gasteiger partial charge >= 0.3 is 0 Å². The van der Waals surface area contributed by atoms with Gasteiger partial charge < -0.3 is 10.3 Å². The van der Waals surface area contributed by atoms with Crippen molar-refractivity contribution in [1.82, 2.24) is 9.55 Å². The molecule has 0 radical (unpaired) electrons. The zero-order chi connectivity index (χ0) is 11.6. The highest BCUT2D eigenvalue weighted by atomic mass is 15.1. The van der Waals surface area contributed by atoms with Gasteiger partial charge in [-0.2, -0.15) is 0 Å². The number of nitrogens with zero attached hydrogens (tertiary/aromatic N) is 2. The van der Waals surface area contributed by atoms with Gasteiger partial charge in [-0.3, -0.25) is 0 Å². The van der Waals surface area contributed by atoms with E-state index in [0.717, 1.165) is 0 Å². The molecule has 1 heterocycles. The van der Waals surface area contributed by atoms with Gasteiger partial charge in [-0.15, -0.1) is 0 Å². The Kier molecular flexibility index (Phi) is 3.55. The van der Waals surface area contributed by atoms with Gasteiger partial charge in [0.15, 0.2) is 0 Å². The standard InChI is InChI=1S/C12H23N3/c1-9(2)10(6-13)11-7-14-8-15(11)12(3,4)5/h7-10H,6,13H2,1-5H3. The second kappa shape index (κ2) is 4.35. The highest BCUT2D eigenvalue weighted by molar-refractivity contribution is 5.10. The van der Waals surface area contributed by atoms with Gasteiger partial charge in [-0.1, -0.05) is 13.8 Å². The Labute approximate surface area is 92.7 Å². The van der Waals surface area contributed by atoms with E-state index >= 15 is 0 Å². The van der Waals surface area contributed by atoms with Crippen LogP contribution in [0.3, 0.4) is 0 Å². The molecule has 3 nitrogen and oxygen atoms in total. The molecule has 1 aromatic heterocycles. The van der Waals surface area contributed by atoms with E-state index in [1.807, 2.05) is 12.5 Å². The van der Waals surface area contributed by atoms with Crippen LogP contribution in [0.4, 0.5) is 0 Å². The quantitative estimate of drug-likeness (QED) is 0.830. The first-order valence-corrected chi connectivity index (χ1v) is 5.60. The van der Waals surface area contributed by atoms with Gasteiger partial charge in [-0.25, -0.2) is 4.98 Å². The minimum Gasteiger partial charge on any atom is -0.330 e. The third-order valence-electron chi connectivity index (χ3n) is 2.83. The third kappa shape index (κ3) is 2.59. The molecule has 2 N–H and O–H groups in total. The molecule has 0 saturated carbocycles. The van der Waals surface area contributed by atoms with E-state index in [1.165, 1.54) is 5.69 Å². The van der Waals surface area contributed by atoms with Crippen molar-refractivity contribution in [2.24, 2.45) is 11.7 Å². The van der Waals surface area contributed by atoms with Crippen molar-refractivity contribution in [2.75, 3.05) is 6.54 Å². The van der Waals surface area contributed by atoms with E-state index < -0.39 is 0 Å². The van der Waals surface area contributed by atoms with Gasteiger partial charge in [0.1, 0.15) is 0 Å². The van der Waals surface area contributed by atoms with E-state index in [4.69, 9.17) is 5.73 Å². The molecule has 0 saturated heterocycles. The second-order valence-electron chi connectivity index (χ2n) is 5.45. The minimum atomic E-state index is 0.0775. The summed E-state index contributed by atoms with van der Waals surface area (Å²) in [5.41, 5.74) is 7.16. The molecule has 0 bridgehead atoms. The fourth-order valence-corrected chi connectivity index (χ4v) is 1.87. The van der Waals surface area contributed by atoms with Crippen molar-refractivity contribution in [3.63, 3.8) is 0 Å². The van der Waals surface area contributed by atoms with Crippen LogP contribution in [0.5, 0.6) is 0 Å². The molecule has 0 aliphatic rings. The summed E-state index contributed by atoms with van der Waals surface area (Å²) in [6.07, 6.45) is 3.85. The van der Waals surface area contributed by atoms with Crippen LogP contribution in [0.2, 0.25) is 0 Å². The van der Waals surface area contributed by atoms with Crippen molar-refractivity contribution in [3.8, 4) is 0 Å². The average Bonchev–Trinajstić information content (AvgIpc) is 2.52. The molecule has 1 aromatic rings. The van der Waals surface area contributed by atoms with Crippen LogP contribution in [-0.4, -0.2) is 16.1 Å². The molecule has 15 heavy (non-hydrogen) atoms. The summed E-state index contributed by atoms with van der Waals surface area (Å²) in [6, 6.07) is 0. The number of nitrogens with two attached hydrogens (primary N) is 1. The Morgan fingerprint density at radius 2 is 2.00 bits per heavy atom. The highest BCUT2D eigenvalue weighted by Gasteiger charge is 2.23. The van der Waals surface area contributed by atoms with E-state index in [2.05, 4.69) is 44.2 Å². The molecule has 0 fully saturated rings. The van der Waals surface area contributed by atoms with Crippen molar-refractivity contribution in [2.45, 2.75) is 46.1 Å². The van der Waals surface area contributed by atoms with Crippen LogP contribution in [0.15, 0.2) is 12.5 Å². The van der Waals surface area contributed by atoms with Crippen LogP contribution in [0.25, 0.3) is 0 Å². The van der Waals surface area contributed by atoms with Crippen LogP contribution in [0, 0.1) is 5.92 Å². The molecule has 0 aliphatic heterocycles. The molecule has 0 amide bonds. The molecule has 1 atom stereocenters. The Balaban J connectivity index is 3.09. The largest absolute Gasteiger partial charge is 0.330 e. The van der Waals surface area contributed by atoms with Gasteiger partial charge in [0.25, 0.3) is 0 Å². The zero-order valence-corrected chi connectivity index (χ0v) is 10.5. The van der Waals surface area contributed by atoms with E-state index in [0.29, 0.717) is 18.4 Å². The maximum atomic E-state index is 5.84. The number of rotatable bonds is 3. The summed E-state index contributed by atoms with van der Waals surface area (Å²) in [4.78, 5) is 4.25. The number of hydrogen-bond acceptors (Lipinski definition) is 2. The normalized spacial score (nSPS) is 14.6. The molecular formula is C12H23N3. The lowest BCUT2D eigenvalue weighted by Crippen LogP contribution is -2.28. The first-order chi connectivity index (χ1) is 6.88. The molecule has 0 aromatic carbocycles. The van der Waals surface area contributed by atoms with Crippen LogP contribution >= 0.6 is 0 Å². The van der Waals surface area contributed by atoms with Crippen molar-refractivity contribution >= 4 is 0 Å². The first-order valence-electron chi connectivity index (χ1n) is 5.60. The molecule has 86 valence electrons. The number of aromatic nitrogens is 2. The van der Waals surface area contributed by atoms with E-state index in [-0.39, 0.29) is 5.54 Å². The zero-order valence-electron chi connectivity index (χ0n) is 10.5. The first kappa shape index (κ1) is 12.2. The second-order valence-corrected chi connectivity index (χ2v) is 5.45. The van der Waals surface area contributed by atoms with Gasteiger partial charge in [0.2, 0.25) is 0 Å². The van der Waals surface area contributed by atoms with Gasteiger partial charge in [0.05, 0.1) is 6.33 Å². The lowest BCUT2D eigenvalue weighted by Gasteiger charge is -2.28. The van der Waals surface area contributed by atoms with E-state index in [9.17, 15) is 0 Å². The Morgan fingerprint density at radius 3 is 2.40 bits per heavy atom. The monoisotopic (exact) mass is 209 g/mol. The van der Waals surface area contributed by atoms with Crippen LogP contribution in [-0.2, 0) is 5.54 Å². The Hall–Kier alpha value is -0.830. The van der Waals surface area contributed by atoms with Crippen LogP contribution < -0.4 is 5.73 Å². The molecule has 3 heteroatoms. The van der Waals surface area contributed by atoms with Gasteiger partial charge in [0, 0.05) is 29.9 Å². The molecule has 0 aliphatic carbocycles. The summed E-state index contributed by atoms with van der Waals surface area (Å²) in [5.74, 6) is 0.944. The number of hydrogen-bond donors (Lipinski definition) is 1. The summed E-state index contributed by atoms with van der Waals surface area (Å²) >= 11 is 0. The Bertz CT molecular complexity index is 307. The highest BCUT2D eigenvalue weighted by Crippen LogP contribution is 2.27. The van der Waals surface area contributed by atoms with Crippen molar-refractivity contribution < 1.29 is 0 Å². The fraction of sp³-hybridized carbons (Fsp3) is 0.750. The topological polar surface area (TPSA) is 43.8 Å². The summed E-state index contributed by atoms with van der Waals surface area (Å²) in [7, 11) is 0. The molecule has 1 rings (SSSR count). The minimum absolute atomic E-state index is 0.0775. The summed E-state index contributed by atoms with van der Waals surface area (Å²) in [6.45, 7) is 11.7. The maximum Gasteiger partial charge on any atom is 0.0953 e. The van der Waals surface area contributed by atoms with Gasteiger partial charge in [-0.05, 0) is 26.7 Å². The van der Waals surface area contributed by atoms with E-state index in [1.54, 1.807) is 0 Å². The molecule has 1 unspecified atom stereocenters. The number of imidazole rings is 1. The average molecular weight is 209 g/mol. The smallest absolute Gasteiger partial charge is 0.0953 e. The molecular weight excluding hydrogens is 186 g/mol. The molecule has 0 spiro atoms.